The summed E-state index contributed by atoms with van der Waals surface area (Å²) in [6, 6.07) is 8.58. The van der Waals surface area contributed by atoms with Gasteiger partial charge in [0.1, 0.15) is 12.4 Å². The number of nitrogens with one attached hydrogen (secondary N) is 1. The molecule has 0 radical (unpaired) electrons. The lowest BCUT2D eigenvalue weighted by Gasteiger charge is -2.05. The maximum absolute atomic E-state index is 11.3. The van der Waals surface area contributed by atoms with Gasteiger partial charge in [0.05, 0.1) is 6.26 Å². The second-order valence-electron chi connectivity index (χ2n) is 3.49. The minimum atomic E-state index is -0.491. The normalized spacial score (nSPS) is 10.1. The van der Waals surface area contributed by atoms with Crippen LogP contribution in [0.5, 0.6) is 5.75 Å². The highest BCUT2D eigenvalue weighted by Crippen LogP contribution is 2.18. The minimum Gasteiger partial charge on any atom is -0.489 e. The van der Waals surface area contributed by atoms with Crippen molar-refractivity contribution < 1.29 is 13.9 Å². The van der Waals surface area contributed by atoms with E-state index in [-0.39, 0.29) is 12.4 Å². The first-order valence-corrected chi connectivity index (χ1v) is 5.54. The van der Waals surface area contributed by atoms with Gasteiger partial charge >= 0.3 is 5.91 Å². The summed E-state index contributed by atoms with van der Waals surface area (Å²) in [6.07, 6.45) is 1.41. The van der Waals surface area contributed by atoms with E-state index >= 15 is 0 Å². The van der Waals surface area contributed by atoms with Gasteiger partial charge < -0.3 is 9.15 Å². The Morgan fingerprint density at radius 2 is 2.06 bits per heavy atom. The number of amides is 1. The lowest BCUT2D eigenvalue weighted by Crippen LogP contribution is -2.30. The molecule has 3 N–H and O–H groups in total. The summed E-state index contributed by atoms with van der Waals surface area (Å²) in [7, 11) is 0. The van der Waals surface area contributed by atoms with E-state index in [4.69, 9.17) is 26.6 Å². The van der Waals surface area contributed by atoms with Crippen molar-refractivity contribution in [2.24, 2.45) is 5.84 Å². The van der Waals surface area contributed by atoms with Crippen LogP contribution in [-0.4, -0.2) is 5.91 Å². The Bertz CT molecular complexity index is 537. The minimum absolute atomic E-state index is 0.145. The first-order chi connectivity index (χ1) is 8.70. The number of benzene rings is 1. The Morgan fingerprint density at radius 3 is 2.72 bits per heavy atom. The van der Waals surface area contributed by atoms with Gasteiger partial charge in [0.25, 0.3) is 0 Å². The molecule has 0 aliphatic heterocycles. The van der Waals surface area contributed by atoms with Crippen LogP contribution in [0.25, 0.3) is 0 Å². The molecule has 6 heteroatoms. The van der Waals surface area contributed by atoms with E-state index < -0.39 is 5.91 Å². The van der Waals surface area contributed by atoms with Gasteiger partial charge in [-0.3, -0.25) is 10.2 Å². The Kier molecular flexibility index (Phi) is 3.86. The van der Waals surface area contributed by atoms with E-state index in [0.29, 0.717) is 16.3 Å². The molecule has 0 aliphatic carbocycles. The Hall–Kier alpha value is -1.98. The Balaban J connectivity index is 2.04. The number of ether oxygens (including phenoxy) is 1. The molecule has 0 atom stereocenters. The number of carbonyl (C=O) groups excluding carboxylic acids is 1. The smallest absolute Gasteiger partial charge is 0.301 e. The lowest BCUT2D eigenvalue weighted by atomic mass is 10.2. The molecule has 0 spiro atoms. The van der Waals surface area contributed by atoms with Crippen molar-refractivity contribution in [3.05, 3.63) is 52.9 Å². The van der Waals surface area contributed by atoms with Gasteiger partial charge in [-0.05, 0) is 30.3 Å². The van der Waals surface area contributed by atoms with Crippen LogP contribution in [0.2, 0.25) is 5.02 Å². The van der Waals surface area contributed by atoms with E-state index in [2.05, 4.69) is 0 Å². The van der Waals surface area contributed by atoms with Gasteiger partial charge in [-0.15, -0.1) is 0 Å². The third-order valence-corrected chi connectivity index (χ3v) is 2.54. The largest absolute Gasteiger partial charge is 0.489 e. The van der Waals surface area contributed by atoms with Crippen LogP contribution in [0.1, 0.15) is 16.1 Å². The maximum Gasteiger partial charge on any atom is 0.301 e. The van der Waals surface area contributed by atoms with Crippen LogP contribution in [0.3, 0.4) is 0 Å². The highest BCUT2D eigenvalue weighted by molar-refractivity contribution is 6.30. The van der Waals surface area contributed by atoms with Crippen molar-refractivity contribution in [3.8, 4) is 5.75 Å². The van der Waals surface area contributed by atoms with Gasteiger partial charge in [0.2, 0.25) is 0 Å². The predicted molar refractivity (Wildman–Crippen MR) is 66.1 cm³/mol. The Morgan fingerprint density at radius 1 is 1.33 bits per heavy atom. The van der Waals surface area contributed by atoms with Gasteiger partial charge in [0.15, 0.2) is 5.76 Å². The van der Waals surface area contributed by atoms with Crippen LogP contribution < -0.4 is 16.0 Å². The summed E-state index contributed by atoms with van der Waals surface area (Å²) >= 11 is 5.76. The number of hydrazine groups is 1. The van der Waals surface area contributed by atoms with Crippen molar-refractivity contribution in [2.75, 3.05) is 0 Å². The molecule has 0 aliphatic rings. The third kappa shape index (κ3) is 2.82. The number of halogens is 1. The number of carbonyl (C=O) groups is 1. The van der Waals surface area contributed by atoms with Gasteiger partial charge in [-0.25, -0.2) is 5.84 Å². The van der Waals surface area contributed by atoms with Crippen molar-refractivity contribution in [1.82, 2.24) is 5.43 Å². The highest BCUT2D eigenvalue weighted by atomic mass is 35.5. The fraction of sp³-hybridized carbons (Fsp3) is 0.0833. The van der Waals surface area contributed by atoms with Crippen LogP contribution in [0.4, 0.5) is 0 Å². The fourth-order valence-corrected chi connectivity index (χ4v) is 1.53. The molecule has 0 saturated carbocycles. The SMILES string of the molecule is NNC(=O)c1occc1COc1ccc(Cl)cc1. The van der Waals surface area contributed by atoms with Crippen molar-refractivity contribution in [1.29, 1.82) is 0 Å². The predicted octanol–water partition coefficient (Wildman–Crippen LogP) is 2.12. The molecule has 1 aromatic heterocycles. The zero-order valence-electron chi connectivity index (χ0n) is 9.35. The van der Waals surface area contributed by atoms with Gasteiger partial charge in [-0.1, -0.05) is 11.6 Å². The van der Waals surface area contributed by atoms with Crippen LogP contribution in [-0.2, 0) is 6.61 Å². The standard InChI is InChI=1S/C12H11ClN2O3/c13-9-1-3-10(4-2-9)18-7-8-5-6-17-11(8)12(16)15-14/h1-6H,7,14H2,(H,15,16). The lowest BCUT2D eigenvalue weighted by molar-refractivity contribution is 0.0922. The highest BCUT2D eigenvalue weighted by Gasteiger charge is 2.14. The average Bonchev–Trinajstić information content (AvgIpc) is 2.85. The monoisotopic (exact) mass is 266 g/mol. The Labute approximate surface area is 108 Å². The molecule has 5 nitrogen and oxygen atoms in total. The molecule has 18 heavy (non-hydrogen) atoms. The summed E-state index contributed by atoms with van der Waals surface area (Å²) in [5, 5.41) is 0.633. The molecule has 2 rings (SSSR count). The van der Waals surface area contributed by atoms with Gasteiger partial charge in [0, 0.05) is 10.6 Å². The second-order valence-corrected chi connectivity index (χ2v) is 3.93. The van der Waals surface area contributed by atoms with E-state index in [1.54, 1.807) is 30.3 Å². The van der Waals surface area contributed by atoms with Crippen molar-refractivity contribution >= 4 is 17.5 Å². The third-order valence-electron chi connectivity index (χ3n) is 2.29. The molecule has 0 unspecified atom stereocenters. The molecule has 2 aromatic rings. The summed E-state index contributed by atoms with van der Waals surface area (Å²) < 4.78 is 10.5. The summed E-state index contributed by atoms with van der Waals surface area (Å²) in [4.78, 5) is 11.3. The molecule has 0 fully saturated rings. The molecule has 1 amide bonds. The summed E-state index contributed by atoms with van der Waals surface area (Å²) in [5.41, 5.74) is 2.63. The van der Waals surface area contributed by atoms with Crippen LogP contribution >= 0.6 is 11.6 Å². The van der Waals surface area contributed by atoms with E-state index in [9.17, 15) is 4.79 Å². The topological polar surface area (TPSA) is 77.5 Å². The molecular weight excluding hydrogens is 256 g/mol. The first-order valence-electron chi connectivity index (χ1n) is 5.16. The van der Waals surface area contributed by atoms with Crippen LogP contribution in [0.15, 0.2) is 41.0 Å². The maximum atomic E-state index is 11.3. The number of rotatable bonds is 4. The van der Waals surface area contributed by atoms with E-state index in [1.807, 2.05) is 5.43 Å². The van der Waals surface area contributed by atoms with E-state index in [0.717, 1.165) is 0 Å². The van der Waals surface area contributed by atoms with E-state index in [1.165, 1.54) is 6.26 Å². The summed E-state index contributed by atoms with van der Waals surface area (Å²) in [6.45, 7) is 0.209. The molecule has 94 valence electrons. The number of nitrogen functional groups attached to an aromatic ring is 1. The van der Waals surface area contributed by atoms with Crippen LogP contribution in [0, 0.1) is 0 Å². The first kappa shape index (κ1) is 12.5. The number of nitrogens with two attached hydrogens (primary N) is 1. The molecular formula is C12H11ClN2O3. The molecule has 1 heterocycles. The second kappa shape index (κ2) is 5.57. The molecule has 0 bridgehead atoms. The zero-order chi connectivity index (χ0) is 13.0. The fourth-order valence-electron chi connectivity index (χ4n) is 1.41. The quantitative estimate of drug-likeness (QED) is 0.505. The van der Waals surface area contributed by atoms with Gasteiger partial charge in [-0.2, -0.15) is 0 Å². The molecule has 1 aromatic carbocycles. The molecule has 0 saturated heterocycles. The van der Waals surface area contributed by atoms with Crippen molar-refractivity contribution in [2.45, 2.75) is 6.61 Å². The number of hydrogen-bond acceptors (Lipinski definition) is 4. The van der Waals surface area contributed by atoms with Crippen molar-refractivity contribution in [3.63, 3.8) is 0 Å². The summed E-state index contributed by atoms with van der Waals surface area (Å²) in [5.74, 6) is 5.35. The zero-order valence-corrected chi connectivity index (χ0v) is 10.1. The average molecular weight is 267 g/mol. The number of furan rings is 1. The number of hydrogen-bond donors (Lipinski definition) is 2.